The Morgan fingerprint density at radius 2 is 2.19 bits per heavy atom. The molecule has 31 heavy (non-hydrogen) atoms. The van der Waals surface area contributed by atoms with Crippen LogP contribution in [0.2, 0.25) is 0 Å². The van der Waals surface area contributed by atoms with Crippen molar-refractivity contribution in [3.05, 3.63) is 58.4 Å². The second-order valence-electron chi connectivity index (χ2n) is 6.96. The normalized spacial score (nSPS) is 17.0. The molecule has 1 saturated heterocycles. The maximum absolute atomic E-state index is 14.1. The highest BCUT2D eigenvalue weighted by Gasteiger charge is 2.32. The topological polar surface area (TPSA) is 104 Å². The number of nitrogens with two attached hydrogens (primary N) is 1. The molecule has 1 aromatic carbocycles. The molecule has 0 aliphatic carbocycles. The maximum Gasteiger partial charge on any atom is 0.235 e. The van der Waals surface area contributed by atoms with Gasteiger partial charge in [0, 0.05) is 13.0 Å². The molecular weight excluding hydrogens is 417 g/mol. The van der Waals surface area contributed by atoms with E-state index in [1.807, 2.05) is 13.0 Å². The Morgan fingerprint density at radius 3 is 2.74 bits per heavy atom. The average Bonchev–Trinajstić information content (AvgIpc) is 2.78. The highest BCUT2D eigenvalue weighted by molar-refractivity contribution is 8.00. The van der Waals surface area contributed by atoms with Gasteiger partial charge in [-0.2, -0.15) is 5.26 Å². The van der Waals surface area contributed by atoms with E-state index < -0.39 is 23.1 Å². The number of Topliss-reactive ketones (excluding diaryl/α,β-unsaturated/α-hetero) is 1. The molecule has 1 aliphatic heterocycles. The zero-order chi connectivity index (χ0) is 22.5. The first-order chi connectivity index (χ1) is 14.9. The van der Waals surface area contributed by atoms with Crippen LogP contribution in [0.1, 0.15) is 35.3 Å². The van der Waals surface area contributed by atoms with Crippen molar-refractivity contribution in [2.45, 2.75) is 36.2 Å². The maximum atomic E-state index is 14.1. The van der Waals surface area contributed by atoms with E-state index >= 15 is 0 Å². The zero-order valence-electron chi connectivity index (χ0n) is 16.8. The number of carbonyl (C=O) groups is 2. The molecule has 7 nitrogen and oxygen atoms in total. The minimum absolute atomic E-state index is 0.0121. The Kier molecular flexibility index (Phi) is 6.88. The largest absolute Gasteiger partial charge is 0.368 e. The number of rotatable bonds is 6. The van der Waals surface area contributed by atoms with Crippen molar-refractivity contribution in [3.63, 3.8) is 0 Å². The number of nitriles is 1. The van der Waals surface area contributed by atoms with Gasteiger partial charge in [-0.15, -0.1) is 0 Å². The van der Waals surface area contributed by atoms with Gasteiger partial charge in [-0.25, -0.2) is 14.2 Å². The first-order valence-electron chi connectivity index (χ1n) is 9.68. The number of nitrogens with zero attached hydrogens (tertiary/aromatic N) is 4. The molecule has 9 heteroatoms. The third-order valence-electron chi connectivity index (χ3n) is 5.05. The van der Waals surface area contributed by atoms with E-state index in [0.717, 1.165) is 11.8 Å². The van der Waals surface area contributed by atoms with Crippen LogP contribution in [0.4, 0.5) is 15.9 Å². The molecule has 0 spiro atoms. The van der Waals surface area contributed by atoms with Gasteiger partial charge in [0.1, 0.15) is 22.2 Å². The summed E-state index contributed by atoms with van der Waals surface area (Å²) in [5.41, 5.74) is 7.14. The summed E-state index contributed by atoms with van der Waals surface area (Å²) < 4.78 is 14.1. The van der Waals surface area contributed by atoms with Gasteiger partial charge in [0.25, 0.3) is 0 Å². The van der Waals surface area contributed by atoms with Crippen molar-refractivity contribution in [1.29, 1.82) is 5.26 Å². The van der Waals surface area contributed by atoms with Gasteiger partial charge in [0.05, 0.1) is 18.7 Å². The molecule has 2 heterocycles. The van der Waals surface area contributed by atoms with Crippen LogP contribution in [0.5, 0.6) is 0 Å². The van der Waals surface area contributed by atoms with Crippen molar-refractivity contribution in [2.24, 2.45) is 5.73 Å². The molecule has 0 saturated carbocycles. The predicted molar refractivity (Wildman–Crippen MR) is 116 cm³/mol. The van der Waals surface area contributed by atoms with E-state index in [9.17, 15) is 19.2 Å². The number of halogens is 1. The number of benzene rings is 1. The molecular formula is C22H20FN5O2S. The number of aromatic nitrogens is 1. The van der Waals surface area contributed by atoms with Crippen molar-refractivity contribution >= 4 is 35.0 Å². The van der Waals surface area contributed by atoms with E-state index in [-0.39, 0.29) is 41.6 Å². The summed E-state index contributed by atoms with van der Waals surface area (Å²) in [5.74, 6) is -0.847. The number of hydrogen-bond acceptors (Lipinski definition) is 6. The summed E-state index contributed by atoms with van der Waals surface area (Å²) in [6.45, 7) is 9.47. The monoisotopic (exact) mass is 437 g/mol. The second kappa shape index (κ2) is 9.59. The van der Waals surface area contributed by atoms with Crippen LogP contribution in [-0.4, -0.2) is 35.9 Å². The molecule has 158 valence electrons. The summed E-state index contributed by atoms with van der Waals surface area (Å²) in [7, 11) is 0. The number of piperidine rings is 1. The lowest BCUT2D eigenvalue weighted by Crippen LogP contribution is -2.42. The number of alkyl halides is 1. The molecule has 1 fully saturated rings. The molecule has 1 amide bonds. The zero-order valence-corrected chi connectivity index (χ0v) is 17.7. The second-order valence-corrected chi connectivity index (χ2v) is 8.05. The predicted octanol–water partition coefficient (Wildman–Crippen LogP) is 3.50. The van der Waals surface area contributed by atoms with Crippen LogP contribution in [0, 0.1) is 17.9 Å². The fourth-order valence-electron chi connectivity index (χ4n) is 3.48. The highest BCUT2D eigenvalue weighted by atomic mass is 32.2. The lowest BCUT2D eigenvalue weighted by atomic mass is 10.0. The van der Waals surface area contributed by atoms with Gasteiger partial charge < -0.3 is 10.6 Å². The standard InChI is InChI=1S/C22H20FN5O2S/c1-3-14-15(11-24)22(31-19(20(25)30)13-7-5-4-6-8-13)27-21(18(14)26-2)28-10-9-17(29)16(23)12-28/h4-8,16,19H,3,9-10,12H2,1H3,(H2,25,30). The van der Waals surface area contributed by atoms with Gasteiger partial charge in [-0.3, -0.25) is 9.59 Å². The van der Waals surface area contributed by atoms with Gasteiger partial charge in [0.15, 0.2) is 12.0 Å². The number of primary amides is 1. The van der Waals surface area contributed by atoms with Crippen molar-refractivity contribution in [3.8, 4) is 6.07 Å². The Labute approximate surface area is 183 Å². The van der Waals surface area contributed by atoms with Crippen molar-refractivity contribution < 1.29 is 14.0 Å². The molecule has 0 bridgehead atoms. The summed E-state index contributed by atoms with van der Waals surface area (Å²) in [5, 5.41) is 9.26. The van der Waals surface area contributed by atoms with Gasteiger partial charge in [-0.1, -0.05) is 49.0 Å². The Morgan fingerprint density at radius 1 is 1.48 bits per heavy atom. The van der Waals surface area contributed by atoms with Gasteiger partial charge >= 0.3 is 0 Å². The van der Waals surface area contributed by atoms with Crippen LogP contribution < -0.4 is 10.6 Å². The molecule has 3 rings (SSSR count). The van der Waals surface area contributed by atoms with Crippen LogP contribution >= 0.6 is 11.8 Å². The van der Waals surface area contributed by atoms with Crippen LogP contribution in [0.15, 0.2) is 35.4 Å². The molecule has 2 N–H and O–H groups in total. The number of amides is 1. The number of hydrogen-bond donors (Lipinski definition) is 1. The van der Waals surface area contributed by atoms with E-state index in [4.69, 9.17) is 12.3 Å². The van der Waals surface area contributed by atoms with Crippen molar-refractivity contribution in [2.75, 3.05) is 18.0 Å². The lowest BCUT2D eigenvalue weighted by Gasteiger charge is -2.31. The SMILES string of the molecule is [C-]#[N+]c1c(N2CCC(=O)C(F)C2)nc(SC(C(N)=O)c2ccccc2)c(C#N)c1CC. The summed E-state index contributed by atoms with van der Waals surface area (Å²) in [6.07, 6.45) is -1.27. The van der Waals surface area contributed by atoms with E-state index in [1.54, 1.807) is 29.2 Å². The molecule has 2 unspecified atom stereocenters. The van der Waals surface area contributed by atoms with Gasteiger partial charge in [0.2, 0.25) is 11.6 Å². The van der Waals surface area contributed by atoms with E-state index in [0.29, 0.717) is 17.5 Å². The Bertz CT molecular complexity index is 1090. The number of ketones is 1. The summed E-state index contributed by atoms with van der Waals surface area (Å²) in [4.78, 5) is 33.5. The molecule has 0 radical (unpaired) electrons. The van der Waals surface area contributed by atoms with Crippen LogP contribution in [0.25, 0.3) is 4.85 Å². The smallest absolute Gasteiger partial charge is 0.235 e. The van der Waals surface area contributed by atoms with E-state index in [2.05, 4.69) is 15.9 Å². The molecule has 1 aliphatic rings. The number of thioether (sulfide) groups is 1. The highest BCUT2D eigenvalue weighted by Crippen LogP contribution is 2.42. The quantitative estimate of drug-likeness (QED) is 0.548. The summed E-state index contributed by atoms with van der Waals surface area (Å²) >= 11 is 1.03. The first-order valence-corrected chi connectivity index (χ1v) is 10.6. The van der Waals surface area contributed by atoms with Crippen LogP contribution in [0.3, 0.4) is 0 Å². The number of anilines is 1. The van der Waals surface area contributed by atoms with Crippen molar-refractivity contribution in [1.82, 2.24) is 4.98 Å². The third kappa shape index (κ3) is 4.52. The lowest BCUT2D eigenvalue weighted by molar-refractivity contribution is -0.124. The fraction of sp³-hybridized carbons (Fsp3) is 0.318. The number of pyridine rings is 1. The van der Waals surface area contributed by atoms with E-state index in [1.165, 1.54) is 0 Å². The molecule has 2 aromatic rings. The minimum atomic E-state index is -1.66. The summed E-state index contributed by atoms with van der Waals surface area (Å²) in [6, 6.07) is 11.0. The average molecular weight is 438 g/mol. The minimum Gasteiger partial charge on any atom is -0.368 e. The fourth-order valence-corrected chi connectivity index (χ4v) is 4.54. The Hall–Kier alpha value is -3.43. The van der Waals surface area contributed by atoms with Gasteiger partial charge in [-0.05, 0) is 17.5 Å². The molecule has 1 aromatic heterocycles. The third-order valence-corrected chi connectivity index (χ3v) is 6.30. The number of carbonyl (C=O) groups excluding carboxylic acids is 2. The Balaban J connectivity index is 2.13. The first kappa shape index (κ1) is 22.3. The van der Waals surface area contributed by atoms with Crippen LogP contribution in [-0.2, 0) is 16.0 Å². The molecule has 2 atom stereocenters.